The first-order chi connectivity index (χ1) is 12.2. The molecule has 26 heavy (non-hydrogen) atoms. The van der Waals surface area contributed by atoms with Gasteiger partial charge in [-0.2, -0.15) is 18.3 Å². The Kier molecular flexibility index (Phi) is 6.58. The van der Waals surface area contributed by atoms with Gasteiger partial charge in [0.1, 0.15) is 11.3 Å². The summed E-state index contributed by atoms with van der Waals surface area (Å²) in [7, 11) is 0. The number of nitrogens with zero attached hydrogens (tertiary/aromatic N) is 4. The van der Waals surface area contributed by atoms with Crippen LogP contribution in [0.5, 0.6) is 0 Å². The number of fused-ring (bicyclic) bond motifs is 1. The second-order valence-corrected chi connectivity index (χ2v) is 6.23. The second-order valence-electron chi connectivity index (χ2n) is 5.82. The molecule has 8 heteroatoms. The van der Waals surface area contributed by atoms with Crippen LogP contribution in [-0.2, 0) is 6.42 Å². The molecule has 0 unspecified atom stereocenters. The Hall–Kier alpha value is -2.15. The van der Waals surface area contributed by atoms with Crippen molar-refractivity contribution in [2.24, 2.45) is 0 Å². The maximum atomic E-state index is 12.4. The Bertz CT molecular complexity index is 855. The minimum Gasteiger partial charge on any atom is -0.254 e. The molecule has 0 atom stereocenters. The molecule has 0 aliphatic rings. The van der Waals surface area contributed by atoms with E-state index in [4.69, 9.17) is 11.6 Å². The van der Waals surface area contributed by atoms with Crippen LogP contribution in [0.15, 0.2) is 30.6 Å². The van der Waals surface area contributed by atoms with Crippen LogP contribution in [-0.4, -0.2) is 25.8 Å². The van der Waals surface area contributed by atoms with Crippen LogP contribution in [0, 0.1) is 6.92 Å². The lowest BCUT2D eigenvalue weighted by atomic mass is 10.2. The van der Waals surface area contributed by atoms with Crippen LogP contribution in [0.2, 0.25) is 5.02 Å². The van der Waals surface area contributed by atoms with Gasteiger partial charge in [0.05, 0.1) is 29.0 Å². The molecule has 0 bridgehead atoms. The minimum absolute atomic E-state index is 0.106. The normalized spacial score (nSPS) is 11.3. The van der Waals surface area contributed by atoms with Gasteiger partial charge < -0.3 is 0 Å². The Balaban J connectivity index is 0.000000552. The van der Waals surface area contributed by atoms with Gasteiger partial charge in [0.15, 0.2) is 0 Å². The summed E-state index contributed by atoms with van der Waals surface area (Å²) >= 11 is 6.12. The zero-order chi connectivity index (χ0) is 19.3. The van der Waals surface area contributed by atoms with Gasteiger partial charge >= 0.3 is 6.18 Å². The molecule has 3 aromatic heterocycles. The molecule has 3 aromatic rings. The Morgan fingerprint density at radius 1 is 1.08 bits per heavy atom. The number of pyridine rings is 1. The largest absolute Gasteiger partial charge is 0.393 e. The Labute approximate surface area is 155 Å². The first-order valence-corrected chi connectivity index (χ1v) is 8.66. The van der Waals surface area contributed by atoms with Crippen molar-refractivity contribution in [3.8, 4) is 11.4 Å². The van der Waals surface area contributed by atoms with Crippen molar-refractivity contribution in [1.82, 2.24) is 19.6 Å². The number of hydrogen-bond donors (Lipinski definition) is 0. The highest BCUT2D eigenvalue weighted by atomic mass is 35.5. The van der Waals surface area contributed by atoms with Crippen LogP contribution < -0.4 is 0 Å². The summed E-state index contributed by atoms with van der Waals surface area (Å²) in [6.45, 7) is 6.09. The Morgan fingerprint density at radius 2 is 1.77 bits per heavy atom. The lowest BCUT2D eigenvalue weighted by Gasteiger charge is -2.07. The summed E-state index contributed by atoms with van der Waals surface area (Å²) in [6.07, 6.45) is 0.187. The van der Waals surface area contributed by atoms with E-state index >= 15 is 0 Å². The third-order valence-corrected chi connectivity index (χ3v) is 3.88. The van der Waals surface area contributed by atoms with E-state index in [1.165, 1.54) is 31.2 Å². The molecule has 0 aliphatic heterocycles. The van der Waals surface area contributed by atoms with E-state index in [0.717, 1.165) is 0 Å². The van der Waals surface area contributed by atoms with Gasteiger partial charge in [-0.15, -0.1) is 0 Å². The molecule has 4 nitrogen and oxygen atoms in total. The van der Waals surface area contributed by atoms with Crippen LogP contribution in [0.1, 0.15) is 38.1 Å². The maximum Gasteiger partial charge on any atom is 0.393 e. The molecule has 0 radical (unpaired) electrons. The first kappa shape index (κ1) is 20.2. The first-order valence-electron chi connectivity index (χ1n) is 8.28. The molecule has 0 fully saturated rings. The third kappa shape index (κ3) is 5.17. The number of rotatable bonds is 3. The van der Waals surface area contributed by atoms with E-state index in [0.29, 0.717) is 27.8 Å². The summed E-state index contributed by atoms with van der Waals surface area (Å²) in [6, 6.07) is 4.59. The predicted molar refractivity (Wildman–Crippen MR) is 96.3 cm³/mol. The quantitative estimate of drug-likeness (QED) is 0.584. The van der Waals surface area contributed by atoms with E-state index in [-0.39, 0.29) is 5.56 Å². The molecule has 3 rings (SSSR count). The lowest BCUT2D eigenvalue weighted by molar-refractivity contribution is -0.127. The summed E-state index contributed by atoms with van der Waals surface area (Å²) < 4.78 is 38.6. The summed E-state index contributed by atoms with van der Waals surface area (Å²) in [5.41, 5.74) is 1.81. The highest BCUT2D eigenvalue weighted by Crippen LogP contribution is 2.28. The zero-order valence-electron chi connectivity index (χ0n) is 14.8. The molecule has 0 saturated heterocycles. The Morgan fingerprint density at radius 3 is 2.31 bits per heavy atom. The molecule has 0 saturated carbocycles. The van der Waals surface area contributed by atoms with Crippen molar-refractivity contribution in [2.75, 3.05) is 0 Å². The van der Waals surface area contributed by atoms with Crippen molar-refractivity contribution in [1.29, 1.82) is 0 Å². The van der Waals surface area contributed by atoms with E-state index in [1.54, 1.807) is 23.7 Å². The predicted octanol–water partition coefficient (Wildman–Crippen LogP) is 5.66. The fourth-order valence-electron chi connectivity index (χ4n) is 2.13. The summed E-state index contributed by atoms with van der Waals surface area (Å²) in [5.74, 6) is 0.551. The molecule has 140 valence electrons. The number of aromatic nitrogens is 4. The van der Waals surface area contributed by atoms with Crippen molar-refractivity contribution in [2.45, 2.75) is 46.2 Å². The fourth-order valence-corrected chi connectivity index (χ4v) is 2.36. The molecule has 0 spiro atoms. The maximum absolute atomic E-state index is 12.4. The van der Waals surface area contributed by atoms with E-state index < -0.39 is 12.6 Å². The smallest absolute Gasteiger partial charge is 0.254 e. The van der Waals surface area contributed by atoms with Gasteiger partial charge in [0.25, 0.3) is 0 Å². The number of unbranched alkanes of at least 4 members (excludes halogenated alkanes) is 1. The number of halogens is 4. The third-order valence-electron chi connectivity index (χ3n) is 3.57. The average molecular weight is 385 g/mol. The summed E-state index contributed by atoms with van der Waals surface area (Å²) in [4.78, 5) is 8.15. The van der Waals surface area contributed by atoms with Gasteiger partial charge in [0, 0.05) is 6.20 Å². The SMILES string of the molecule is CCCC.Cc1ncc2c(Cl)cc(-c3ccc(CC(F)(F)F)cn3)n2n1. The lowest BCUT2D eigenvalue weighted by Crippen LogP contribution is -2.11. The van der Waals surface area contributed by atoms with E-state index in [9.17, 15) is 13.2 Å². The molecule has 0 amide bonds. The highest BCUT2D eigenvalue weighted by Gasteiger charge is 2.27. The topological polar surface area (TPSA) is 43.1 Å². The van der Waals surface area contributed by atoms with Crippen molar-refractivity contribution in [3.05, 3.63) is 47.0 Å². The van der Waals surface area contributed by atoms with Crippen molar-refractivity contribution >= 4 is 17.1 Å². The van der Waals surface area contributed by atoms with Crippen LogP contribution >= 0.6 is 11.6 Å². The highest BCUT2D eigenvalue weighted by molar-refractivity contribution is 6.34. The average Bonchev–Trinajstić information content (AvgIpc) is 2.90. The molecule has 0 aliphatic carbocycles. The molecule has 0 aromatic carbocycles. The van der Waals surface area contributed by atoms with Gasteiger partial charge in [-0.05, 0) is 24.6 Å². The number of alkyl halides is 3. The van der Waals surface area contributed by atoms with Gasteiger partial charge in [-0.25, -0.2) is 9.50 Å². The van der Waals surface area contributed by atoms with Crippen LogP contribution in [0.25, 0.3) is 16.9 Å². The van der Waals surface area contributed by atoms with Gasteiger partial charge in [-0.1, -0.05) is 44.4 Å². The fraction of sp³-hybridized carbons (Fsp3) is 0.389. The molecular weight excluding hydrogens is 365 g/mol. The zero-order valence-corrected chi connectivity index (χ0v) is 15.6. The molecular formula is C18H20ClF3N4. The molecule has 0 N–H and O–H groups in total. The van der Waals surface area contributed by atoms with E-state index in [1.807, 2.05) is 0 Å². The van der Waals surface area contributed by atoms with Crippen molar-refractivity contribution < 1.29 is 13.2 Å². The van der Waals surface area contributed by atoms with Crippen molar-refractivity contribution in [3.63, 3.8) is 0 Å². The number of hydrogen-bond acceptors (Lipinski definition) is 3. The second kappa shape index (κ2) is 8.49. The van der Waals surface area contributed by atoms with Gasteiger partial charge in [0.2, 0.25) is 0 Å². The monoisotopic (exact) mass is 384 g/mol. The van der Waals surface area contributed by atoms with Gasteiger partial charge in [-0.3, -0.25) is 4.98 Å². The summed E-state index contributed by atoms with van der Waals surface area (Å²) in [5, 5.41) is 4.71. The standard InChI is InChI=1S/C14H10ClF3N4.C4H10/c1-8-19-7-13-10(15)4-12(22(13)21-8)11-3-2-9(6-20-11)5-14(16,17)18;1-3-4-2/h2-4,6-7H,5H2,1H3;3-4H2,1-2H3. The van der Waals surface area contributed by atoms with E-state index in [2.05, 4.69) is 28.9 Å². The minimum atomic E-state index is -4.25. The molecule has 3 heterocycles. The van der Waals surface area contributed by atoms with Crippen LogP contribution in [0.3, 0.4) is 0 Å². The number of aryl methyl sites for hydroxylation is 1. The van der Waals surface area contributed by atoms with Crippen LogP contribution in [0.4, 0.5) is 13.2 Å².